The fourth-order valence-corrected chi connectivity index (χ4v) is 2.32. The van der Waals surface area contributed by atoms with Crippen molar-refractivity contribution >= 4 is 23.0 Å². The van der Waals surface area contributed by atoms with Crippen molar-refractivity contribution in [1.82, 2.24) is 0 Å². The Morgan fingerprint density at radius 1 is 1.41 bits per heavy atom. The number of rotatable bonds is 4. The van der Waals surface area contributed by atoms with Crippen LogP contribution in [-0.4, -0.2) is 11.1 Å². The van der Waals surface area contributed by atoms with E-state index in [1.165, 1.54) is 5.56 Å². The molecule has 1 aromatic carbocycles. The van der Waals surface area contributed by atoms with Crippen LogP contribution in [0.15, 0.2) is 35.0 Å². The molecule has 0 atom stereocenters. The van der Waals surface area contributed by atoms with Gasteiger partial charge in [-0.2, -0.15) is 11.3 Å². The van der Waals surface area contributed by atoms with Gasteiger partial charge in [-0.05, 0) is 47.0 Å². The molecule has 2 aromatic rings. The summed E-state index contributed by atoms with van der Waals surface area (Å²) in [5.74, 6) is -0.887. The summed E-state index contributed by atoms with van der Waals surface area (Å²) in [6.07, 6.45) is 0. The smallest absolute Gasteiger partial charge is 0.336 e. The van der Waals surface area contributed by atoms with Crippen LogP contribution in [0.3, 0.4) is 0 Å². The number of anilines is 1. The zero-order valence-electron chi connectivity index (χ0n) is 9.43. The Labute approximate surface area is 104 Å². The Bertz CT molecular complexity index is 520. The summed E-state index contributed by atoms with van der Waals surface area (Å²) >= 11 is 1.65. The molecule has 0 bridgehead atoms. The Hall–Kier alpha value is -1.81. The number of hydrogen-bond donors (Lipinski definition) is 2. The van der Waals surface area contributed by atoms with Gasteiger partial charge in [0.05, 0.1) is 5.56 Å². The molecule has 0 amide bonds. The van der Waals surface area contributed by atoms with Crippen LogP contribution in [0.4, 0.5) is 5.69 Å². The summed E-state index contributed by atoms with van der Waals surface area (Å²) in [5.41, 5.74) is 3.20. The van der Waals surface area contributed by atoms with Gasteiger partial charge in [-0.1, -0.05) is 6.07 Å². The first kappa shape index (κ1) is 11.7. The molecule has 4 heteroatoms. The highest BCUT2D eigenvalue weighted by atomic mass is 32.1. The van der Waals surface area contributed by atoms with Crippen molar-refractivity contribution in [1.29, 1.82) is 0 Å². The summed E-state index contributed by atoms with van der Waals surface area (Å²) in [7, 11) is 0. The molecule has 2 rings (SSSR count). The molecule has 0 unspecified atom stereocenters. The Balaban J connectivity index is 2.16. The second kappa shape index (κ2) is 5.01. The molecule has 17 heavy (non-hydrogen) atoms. The van der Waals surface area contributed by atoms with Gasteiger partial charge in [0.25, 0.3) is 0 Å². The summed E-state index contributed by atoms with van der Waals surface area (Å²) in [4.78, 5) is 11.0. The van der Waals surface area contributed by atoms with E-state index in [9.17, 15) is 4.79 Å². The number of nitrogens with one attached hydrogen (secondary N) is 1. The van der Waals surface area contributed by atoms with E-state index in [2.05, 4.69) is 10.7 Å². The maximum Gasteiger partial charge on any atom is 0.336 e. The standard InChI is InChI=1S/C13H13NO2S/c1-9-11(13(15)16)3-2-4-12(9)14-7-10-5-6-17-8-10/h2-6,8,14H,7H2,1H3,(H,15,16). The lowest BCUT2D eigenvalue weighted by Crippen LogP contribution is -2.05. The largest absolute Gasteiger partial charge is 0.478 e. The first-order valence-corrected chi connectivity index (χ1v) is 6.20. The van der Waals surface area contributed by atoms with Crippen LogP contribution in [0.5, 0.6) is 0 Å². The van der Waals surface area contributed by atoms with E-state index in [4.69, 9.17) is 5.11 Å². The molecule has 3 nitrogen and oxygen atoms in total. The summed E-state index contributed by atoms with van der Waals surface area (Å²) in [5, 5.41) is 16.4. The van der Waals surface area contributed by atoms with Gasteiger partial charge in [0.1, 0.15) is 0 Å². The number of carboxylic acids is 1. The lowest BCUT2D eigenvalue weighted by molar-refractivity contribution is 0.0696. The van der Waals surface area contributed by atoms with Gasteiger partial charge >= 0.3 is 5.97 Å². The summed E-state index contributed by atoms with van der Waals surface area (Å²) < 4.78 is 0. The third kappa shape index (κ3) is 2.65. The van der Waals surface area contributed by atoms with E-state index in [1.807, 2.05) is 24.4 Å². The van der Waals surface area contributed by atoms with Gasteiger partial charge in [-0.3, -0.25) is 0 Å². The molecule has 0 aliphatic carbocycles. The van der Waals surface area contributed by atoms with Gasteiger partial charge in [0.2, 0.25) is 0 Å². The average molecular weight is 247 g/mol. The zero-order valence-corrected chi connectivity index (χ0v) is 10.3. The van der Waals surface area contributed by atoms with Crippen molar-refractivity contribution in [3.63, 3.8) is 0 Å². The van der Waals surface area contributed by atoms with E-state index in [-0.39, 0.29) is 0 Å². The van der Waals surface area contributed by atoms with Crippen LogP contribution in [0.1, 0.15) is 21.5 Å². The molecule has 0 saturated heterocycles. The number of carboxylic acid groups (broad SMARTS) is 1. The molecule has 0 spiro atoms. The first-order valence-electron chi connectivity index (χ1n) is 5.26. The van der Waals surface area contributed by atoms with E-state index < -0.39 is 5.97 Å². The van der Waals surface area contributed by atoms with Gasteiger partial charge in [0.15, 0.2) is 0 Å². The quantitative estimate of drug-likeness (QED) is 0.871. The predicted octanol–water partition coefficient (Wildman–Crippen LogP) is 3.37. The molecule has 0 radical (unpaired) electrons. The number of hydrogen-bond acceptors (Lipinski definition) is 3. The molecule has 0 saturated carbocycles. The topological polar surface area (TPSA) is 49.3 Å². The van der Waals surface area contributed by atoms with Gasteiger partial charge in [-0.25, -0.2) is 4.79 Å². The minimum Gasteiger partial charge on any atom is -0.478 e. The van der Waals surface area contributed by atoms with Gasteiger partial charge in [-0.15, -0.1) is 0 Å². The van der Waals surface area contributed by atoms with Crippen molar-refractivity contribution in [3.8, 4) is 0 Å². The molecule has 2 N–H and O–H groups in total. The van der Waals surface area contributed by atoms with Crippen molar-refractivity contribution in [2.45, 2.75) is 13.5 Å². The highest BCUT2D eigenvalue weighted by Crippen LogP contribution is 2.20. The summed E-state index contributed by atoms with van der Waals surface area (Å²) in [6.45, 7) is 2.53. The molecule has 1 heterocycles. The van der Waals surface area contributed by atoms with Crippen molar-refractivity contribution in [2.24, 2.45) is 0 Å². The highest BCUT2D eigenvalue weighted by molar-refractivity contribution is 7.07. The number of aromatic carboxylic acids is 1. The molecule has 0 aliphatic heterocycles. The minimum atomic E-state index is -0.887. The third-order valence-corrected chi connectivity index (χ3v) is 3.36. The zero-order chi connectivity index (χ0) is 12.3. The minimum absolute atomic E-state index is 0.348. The average Bonchev–Trinajstić information content (AvgIpc) is 2.80. The van der Waals surface area contributed by atoms with Crippen LogP contribution >= 0.6 is 11.3 Å². The molecular formula is C13H13NO2S. The molecule has 0 fully saturated rings. The maximum atomic E-state index is 11.0. The van der Waals surface area contributed by atoms with Crippen LogP contribution < -0.4 is 5.32 Å². The van der Waals surface area contributed by atoms with Crippen LogP contribution in [0.25, 0.3) is 0 Å². The van der Waals surface area contributed by atoms with Gasteiger partial charge < -0.3 is 10.4 Å². The van der Waals surface area contributed by atoms with Crippen molar-refractivity contribution < 1.29 is 9.90 Å². The number of carbonyl (C=O) groups is 1. The number of thiophene rings is 1. The van der Waals surface area contributed by atoms with Crippen LogP contribution in [0.2, 0.25) is 0 Å². The van der Waals surface area contributed by atoms with Crippen LogP contribution in [-0.2, 0) is 6.54 Å². The van der Waals surface area contributed by atoms with E-state index in [0.717, 1.165) is 11.3 Å². The highest BCUT2D eigenvalue weighted by Gasteiger charge is 2.09. The Kier molecular flexibility index (Phi) is 3.44. The van der Waals surface area contributed by atoms with E-state index >= 15 is 0 Å². The van der Waals surface area contributed by atoms with Crippen molar-refractivity contribution in [2.75, 3.05) is 5.32 Å². The fraction of sp³-hybridized carbons (Fsp3) is 0.154. The Morgan fingerprint density at radius 2 is 2.24 bits per heavy atom. The Morgan fingerprint density at radius 3 is 2.88 bits per heavy atom. The molecule has 88 valence electrons. The van der Waals surface area contributed by atoms with E-state index in [1.54, 1.807) is 23.5 Å². The normalized spacial score (nSPS) is 10.2. The third-order valence-electron chi connectivity index (χ3n) is 2.63. The monoisotopic (exact) mass is 247 g/mol. The molecule has 1 aromatic heterocycles. The molecule has 0 aliphatic rings. The van der Waals surface area contributed by atoms with Gasteiger partial charge in [0, 0.05) is 12.2 Å². The van der Waals surface area contributed by atoms with E-state index in [0.29, 0.717) is 12.1 Å². The van der Waals surface area contributed by atoms with Crippen LogP contribution in [0, 0.1) is 6.92 Å². The van der Waals surface area contributed by atoms with Crippen molar-refractivity contribution in [3.05, 3.63) is 51.7 Å². The molecular weight excluding hydrogens is 234 g/mol. The SMILES string of the molecule is Cc1c(NCc2ccsc2)cccc1C(=O)O. The predicted molar refractivity (Wildman–Crippen MR) is 69.8 cm³/mol. The fourth-order valence-electron chi connectivity index (χ4n) is 1.65. The lowest BCUT2D eigenvalue weighted by Gasteiger charge is -2.10. The maximum absolute atomic E-state index is 11.0. The summed E-state index contributed by atoms with van der Waals surface area (Å²) in [6, 6.07) is 7.32. The number of benzene rings is 1. The second-order valence-corrected chi connectivity index (χ2v) is 4.55. The lowest BCUT2D eigenvalue weighted by atomic mass is 10.1. The second-order valence-electron chi connectivity index (χ2n) is 3.77. The first-order chi connectivity index (χ1) is 8.18.